The molecule has 3 aromatic heterocycles. The van der Waals surface area contributed by atoms with Crippen LogP contribution < -0.4 is 15.5 Å². The Kier molecular flexibility index (Phi) is 5.49. The summed E-state index contributed by atoms with van der Waals surface area (Å²) in [4.78, 5) is 14.0. The lowest BCUT2D eigenvalue weighted by molar-refractivity contribution is 0.251. The predicted molar refractivity (Wildman–Crippen MR) is 126 cm³/mol. The average molecular weight is 438 g/mol. The summed E-state index contributed by atoms with van der Waals surface area (Å²) < 4.78 is 15.9. The summed E-state index contributed by atoms with van der Waals surface area (Å²) in [5, 5.41) is 5.52. The molecule has 2 atom stereocenters. The highest BCUT2D eigenvalue weighted by molar-refractivity contribution is 5.89. The molecule has 0 amide bonds. The first kappa shape index (κ1) is 21.1. The predicted octanol–water partition coefficient (Wildman–Crippen LogP) is 3.24. The Hall–Kier alpha value is -2.74. The monoisotopic (exact) mass is 437 g/mol. The Morgan fingerprint density at radius 1 is 1.03 bits per heavy atom. The Balaban J connectivity index is 1.30. The van der Waals surface area contributed by atoms with Crippen molar-refractivity contribution in [2.45, 2.75) is 51.2 Å². The lowest BCUT2D eigenvalue weighted by atomic mass is 9.90. The second-order valence-electron chi connectivity index (χ2n) is 9.36. The molecule has 170 valence electrons. The summed E-state index contributed by atoms with van der Waals surface area (Å²) in [5.41, 5.74) is 12.4. The quantitative estimate of drug-likeness (QED) is 0.678. The van der Waals surface area contributed by atoms with E-state index in [1.807, 2.05) is 31.0 Å². The molecule has 2 N–H and O–H groups in total. The lowest BCUT2D eigenvalue weighted by Gasteiger charge is -2.36. The van der Waals surface area contributed by atoms with Crippen LogP contribution >= 0.6 is 0 Å². The molecule has 0 spiro atoms. The van der Waals surface area contributed by atoms with Crippen molar-refractivity contribution in [3.63, 3.8) is 0 Å². The molecule has 5 heterocycles. The van der Waals surface area contributed by atoms with Gasteiger partial charge in [0.1, 0.15) is 6.17 Å². The van der Waals surface area contributed by atoms with Gasteiger partial charge >= 0.3 is 0 Å². The average Bonchev–Trinajstić information content (AvgIpc) is 3.16. The number of nitrogens with two attached hydrogens (primary N) is 1. The first-order chi connectivity index (χ1) is 15.4. The molecule has 2 saturated heterocycles. The van der Waals surface area contributed by atoms with Gasteiger partial charge in [0.15, 0.2) is 5.65 Å². The standard InChI is InChI=1S/C24H32FN7/c1-15-10-18(32-9-6-21(26)20(25)14-32)12-27-23(15)17-4-7-31(8-5-17)22-11-16(2)29-24-19(22)13-28-30(24)3/h10-13,17,20-21H,4-9,14,26H2,1-3H3/t20-,21+/m0/s1. The number of nitrogens with zero attached hydrogens (tertiary/aromatic N) is 6. The van der Waals surface area contributed by atoms with Crippen LogP contribution in [0.15, 0.2) is 24.5 Å². The summed E-state index contributed by atoms with van der Waals surface area (Å²) in [6, 6.07) is 4.00. The minimum absolute atomic E-state index is 0.346. The molecule has 2 aliphatic heterocycles. The Morgan fingerprint density at radius 3 is 2.50 bits per heavy atom. The van der Waals surface area contributed by atoms with Gasteiger partial charge in [-0.25, -0.2) is 9.37 Å². The Morgan fingerprint density at radius 2 is 1.78 bits per heavy atom. The number of halogens is 1. The maximum absolute atomic E-state index is 14.1. The molecular formula is C24H32FN7. The fourth-order valence-corrected chi connectivity index (χ4v) is 5.20. The van der Waals surface area contributed by atoms with E-state index in [2.05, 4.69) is 38.9 Å². The van der Waals surface area contributed by atoms with Gasteiger partial charge in [0.2, 0.25) is 0 Å². The van der Waals surface area contributed by atoms with Crippen molar-refractivity contribution in [2.75, 3.05) is 36.0 Å². The molecule has 0 unspecified atom stereocenters. The lowest BCUT2D eigenvalue weighted by Crippen LogP contribution is -2.48. The Labute approximate surface area is 188 Å². The zero-order valence-electron chi connectivity index (χ0n) is 19.1. The van der Waals surface area contributed by atoms with E-state index >= 15 is 0 Å². The van der Waals surface area contributed by atoms with Crippen molar-refractivity contribution in [1.29, 1.82) is 0 Å². The number of rotatable bonds is 3. The molecule has 0 aromatic carbocycles. The second kappa shape index (κ2) is 8.31. The van der Waals surface area contributed by atoms with E-state index in [1.165, 1.54) is 16.9 Å². The maximum Gasteiger partial charge on any atom is 0.159 e. The zero-order chi connectivity index (χ0) is 22.4. The molecule has 2 fully saturated rings. The van der Waals surface area contributed by atoms with E-state index in [1.54, 1.807) is 0 Å². The van der Waals surface area contributed by atoms with Gasteiger partial charge in [-0.2, -0.15) is 5.10 Å². The van der Waals surface area contributed by atoms with Gasteiger partial charge < -0.3 is 15.5 Å². The molecule has 0 saturated carbocycles. The highest BCUT2D eigenvalue weighted by atomic mass is 19.1. The van der Waals surface area contributed by atoms with Gasteiger partial charge in [0.05, 0.1) is 35.7 Å². The molecule has 0 radical (unpaired) electrons. The van der Waals surface area contributed by atoms with Gasteiger partial charge in [0.25, 0.3) is 0 Å². The molecule has 0 aliphatic carbocycles. The fourth-order valence-electron chi connectivity index (χ4n) is 5.20. The second-order valence-corrected chi connectivity index (χ2v) is 9.36. The van der Waals surface area contributed by atoms with Crippen LogP contribution in [0.3, 0.4) is 0 Å². The van der Waals surface area contributed by atoms with Crippen molar-refractivity contribution in [2.24, 2.45) is 12.8 Å². The number of piperidine rings is 2. The number of fused-ring (bicyclic) bond motifs is 1. The molecule has 5 rings (SSSR count). The number of hydrogen-bond donors (Lipinski definition) is 1. The minimum atomic E-state index is -0.976. The molecule has 32 heavy (non-hydrogen) atoms. The third-order valence-corrected chi connectivity index (χ3v) is 7.09. The smallest absolute Gasteiger partial charge is 0.159 e. The topological polar surface area (TPSA) is 76.1 Å². The third kappa shape index (κ3) is 3.81. The number of hydrogen-bond acceptors (Lipinski definition) is 6. The van der Waals surface area contributed by atoms with E-state index in [0.29, 0.717) is 18.9 Å². The van der Waals surface area contributed by atoms with Crippen LogP contribution in [-0.4, -0.2) is 58.1 Å². The number of pyridine rings is 2. The van der Waals surface area contributed by atoms with Crippen LogP contribution in [0.25, 0.3) is 11.0 Å². The van der Waals surface area contributed by atoms with Crippen LogP contribution in [0.4, 0.5) is 15.8 Å². The molecule has 7 nitrogen and oxygen atoms in total. The first-order valence-corrected chi connectivity index (χ1v) is 11.6. The summed E-state index contributed by atoms with van der Waals surface area (Å²) in [6.07, 6.45) is 5.66. The summed E-state index contributed by atoms with van der Waals surface area (Å²) in [7, 11) is 1.94. The van der Waals surface area contributed by atoms with E-state index < -0.39 is 6.17 Å². The van der Waals surface area contributed by atoms with Crippen LogP contribution in [0.2, 0.25) is 0 Å². The van der Waals surface area contributed by atoms with Crippen LogP contribution in [0.1, 0.15) is 42.1 Å². The molecular weight excluding hydrogens is 405 g/mol. The summed E-state index contributed by atoms with van der Waals surface area (Å²) >= 11 is 0. The van der Waals surface area contributed by atoms with E-state index in [4.69, 9.17) is 10.7 Å². The minimum Gasteiger partial charge on any atom is -0.371 e. The van der Waals surface area contributed by atoms with Crippen molar-refractivity contribution in [3.8, 4) is 0 Å². The molecule has 2 aliphatic rings. The van der Waals surface area contributed by atoms with Gasteiger partial charge in [-0.1, -0.05) is 0 Å². The Bertz CT molecular complexity index is 1120. The number of alkyl halides is 1. The van der Waals surface area contributed by atoms with Crippen molar-refractivity contribution in [1.82, 2.24) is 19.7 Å². The van der Waals surface area contributed by atoms with Gasteiger partial charge in [0, 0.05) is 50.0 Å². The van der Waals surface area contributed by atoms with Crippen LogP contribution in [-0.2, 0) is 7.05 Å². The molecule has 8 heteroatoms. The highest BCUT2D eigenvalue weighted by Crippen LogP contribution is 2.35. The summed E-state index contributed by atoms with van der Waals surface area (Å²) in [6.45, 7) is 7.27. The van der Waals surface area contributed by atoms with E-state index in [-0.39, 0.29) is 6.04 Å². The fraction of sp³-hybridized carbons (Fsp3) is 0.542. The van der Waals surface area contributed by atoms with Crippen molar-refractivity contribution < 1.29 is 4.39 Å². The summed E-state index contributed by atoms with van der Waals surface area (Å²) in [5.74, 6) is 0.441. The van der Waals surface area contributed by atoms with Crippen LogP contribution in [0, 0.1) is 13.8 Å². The highest BCUT2D eigenvalue weighted by Gasteiger charge is 2.28. The van der Waals surface area contributed by atoms with Gasteiger partial charge in [-0.05, 0) is 50.8 Å². The SMILES string of the molecule is Cc1cc(N2CCC(c3ncc(N4CC[C@@H](N)[C@@H](F)C4)cc3C)CC2)c2cnn(C)c2n1. The first-order valence-electron chi connectivity index (χ1n) is 11.6. The zero-order valence-corrected chi connectivity index (χ0v) is 19.1. The van der Waals surface area contributed by atoms with Crippen LogP contribution in [0.5, 0.6) is 0 Å². The van der Waals surface area contributed by atoms with Crippen molar-refractivity contribution in [3.05, 3.63) is 41.5 Å². The van der Waals surface area contributed by atoms with Crippen molar-refractivity contribution >= 4 is 22.4 Å². The number of aromatic nitrogens is 4. The molecule has 3 aromatic rings. The largest absolute Gasteiger partial charge is 0.371 e. The number of aryl methyl sites for hydroxylation is 3. The van der Waals surface area contributed by atoms with E-state index in [0.717, 1.165) is 54.9 Å². The maximum atomic E-state index is 14.1. The molecule has 0 bridgehead atoms. The van der Waals surface area contributed by atoms with Gasteiger partial charge in [-0.3, -0.25) is 9.67 Å². The normalized spacial score (nSPS) is 22.7. The van der Waals surface area contributed by atoms with E-state index in [9.17, 15) is 4.39 Å². The van der Waals surface area contributed by atoms with Gasteiger partial charge in [-0.15, -0.1) is 0 Å². The number of anilines is 2. The third-order valence-electron chi connectivity index (χ3n) is 7.09.